The molecular formula is C17H24FNO. The van der Waals surface area contributed by atoms with Crippen molar-refractivity contribution < 1.29 is 9.13 Å². The number of methoxy groups -OCH3 is 1. The second-order valence-electron chi connectivity index (χ2n) is 6.38. The van der Waals surface area contributed by atoms with Crippen molar-refractivity contribution in [2.24, 2.45) is 17.8 Å². The van der Waals surface area contributed by atoms with Crippen molar-refractivity contribution in [3.05, 3.63) is 29.6 Å². The van der Waals surface area contributed by atoms with Crippen LogP contribution in [0.15, 0.2) is 18.2 Å². The van der Waals surface area contributed by atoms with Crippen molar-refractivity contribution in [2.45, 2.75) is 38.1 Å². The first-order valence-electron chi connectivity index (χ1n) is 7.72. The molecule has 4 atom stereocenters. The summed E-state index contributed by atoms with van der Waals surface area (Å²) >= 11 is 0. The number of halogens is 1. The molecule has 3 rings (SSSR count). The molecule has 0 aromatic heterocycles. The van der Waals surface area contributed by atoms with Crippen molar-refractivity contribution in [1.29, 1.82) is 0 Å². The quantitative estimate of drug-likeness (QED) is 0.880. The first kappa shape index (κ1) is 13.9. The molecule has 2 bridgehead atoms. The van der Waals surface area contributed by atoms with Crippen molar-refractivity contribution in [1.82, 2.24) is 5.32 Å². The fourth-order valence-electron chi connectivity index (χ4n) is 4.32. The van der Waals surface area contributed by atoms with Crippen LogP contribution in [0.25, 0.3) is 0 Å². The van der Waals surface area contributed by atoms with Crippen LogP contribution in [-0.4, -0.2) is 14.2 Å². The zero-order valence-corrected chi connectivity index (χ0v) is 12.4. The lowest BCUT2D eigenvalue weighted by Gasteiger charge is -2.27. The molecule has 110 valence electrons. The van der Waals surface area contributed by atoms with Gasteiger partial charge >= 0.3 is 0 Å². The predicted octanol–water partition coefficient (Wildman–Crippen LogP) is 3.92. The summed E-state index contributed by atoms with van der Waals surface area (Å²) in [5.74, 6) is 2.71. The fourth-order valence-corrected chi connectivity index (χ4v) is 4.32. The topological polar surface area (TPSA) is 21.3 Å². The summed E-state index contributed by atoms with van der Waals surface area (Å²) in [6.07, 6.45) is 6.59. The maximum absolute atomic E-state index is 14.4. The van der Waals surface area contributed by atoms with Crippen LogP contribution in [-0.2, 0) is 0 Å². The molecule has 1 N–H and O–H groups in total. The Hall–Kier alpha value is -1.09. The maximum atomic E-state index is 14.4. The van der Waals surface area contributed by atoms with Gasteiger partial charge in [0, 0.05) is 11.6 Å². The summed E-state index contributed by atoms with van der Waals surface area (Å²) in [4.78, 5) is 0. The highest BCUT2D eigenvalue weighted by atomic mass is 19.1. The van der Waals surface area contributed by atoms with Gasteiger partial charge in [-0.3, -0.25) is 0 Å². The molecule has 0 spiro atoms. The Kier molecular flexibility index (Phi) is 3.97. The molecule has 1 aromatic rings. The van der Waals surface area contributed by atoms with Gasteiger partial charge in [0.25, 0.3) is 0 Å². The van der Waals surface area contributed by atoms with E-state index in [1.54, 1.807) is 6.07 Å². The van der Waals surface area contributed by atoms with Gasteiger partial charge in [0.15, 0.2) is 11.6 Å². The lowest BCUT2D eigenvalue weighted by Crippen LogP contribution is -2.23. The van der Waals surface area contributed by atoms with E-state index in [1.807, 2.05) is 19.2 Å². The van der Waals surface area contributed by atoms with Crippen LogP contribution < -0.4 is 10.1 Å². The molecule has 2 nitrogen and oxygen atoms in total. The molecule has 0 radical (unpaired) electrons. The smallest absolute Gasteiger partial charge is 0.169 e. The largest absolute Gasteiger partial charge is 0.494 e. The lowest BCUT2D eigenvalue weighted by molar-refractivity contribution is 0.280. The van der Waals surface area contributed by atoms with Crippen molar-refractivity contribution in [2.75, 3.05) is 14.2 Å². The summed E-state index contributed by atoms with van der Waals surface area (Å²) in [5, 5.41) is 3.30. The van der Waals surface area contributed by atoms with E-state index in [-0.39, 0.29) is 11.9 Å². The van der Waals surface area contributed by atoms with Crippen LogP contribution in [0.2, 0.25) is 0 Å². The van der Waals surface area contributed by atoms with E-state index in [2.05, 4.69) is 5.32 Å². The van der Waals surface area contributed by atoms with Gasteiger partial charge in [0.1, 0.15) is 0 Å². The molecule has 0 heterocycles. The van der Waals surface area contributed by atoms with E-state index in [1.165, 1.54) is 32.8 Å². The van der Waals surface area contributed by atoms with Gasteiger partial charge in [-0.25, -0.2) is 4.39 Å². The third-order valence-corrected chi connectivity index (χ3v) is 5.36. The Labute approximate surface area is 120 Å². The van der Waals surface area contributed by atoms with Crippen LogP contribution in [0.3, 0.4) is 0 Å². The zero-order valence-electron chi connectivity index (χ0n) is 12.4. The number of hydrogen-bond donors (Lipinski definition) is 1. The van der Waals surface area contributed by atoms with E-state index in [4.69, 9.17) is 4.74 Å². The van der Waals surface area contributed by atoms with Crippen molar-refractivity contribution >= 4 is 0 Å². The highest BCUT2D eigenvalue weighted by molar-refractivity contribution is 5.33. The average Bonchev–Trinajstić information content (AvgIpc) is 3.08. The van der Waals surface area contributed by atoms with Crippen LogP contribution in [0.5, 0.6) is 5.75 Å². The second kappa shape index (κ2) is 5.72. The molecule has 0 amide bonds. The van der Waals surface area contributed by atoms with Crippen LogP contribution in [0.1, 0.15) is 43.7 Å². The third kappa shape index (κ3) is 2.44. The molecule has 2 saturated carbocycles. The first-order chi connectivity index (χ1) is 9.72. The number of fused-ring (bicyclic) bond motifs is 2. The van der Waals surface area contributed by atoms with Gasteiger partial charge in [-0.05, 0) is 56.6 Å². The Morgan fingerprint density at radius 2 is 2.20 bits per heavy atom. The van der Waals surface area contributed by atoms with E-state index < -0.39 is 0 Å². The van der Waals surface area contributed by atoms with Crippen LogP contribution in [0, 0.1) is 23.6 Å². The summed E-state index contributed by atoms with van der Waals surface area (Å²) < 4.78 is 19.5. The summed E-state index contributed by atoms with van der Waals surface area (Å²) in [5.41, 5.74) is 0.745. The Morgan fingerprint density at radius 1 is 1.35 bits per heavy atom. The van der Waals surface area contributed by atoms with Gasteiger partial charge in [0.2, 0.25) is 0 Å². The predicted molar refractivity (Wildman–Crippen MR) is 78.3 cm³/mol. The molecule has 3 heteroatoms. The van der Waals surface area contributed by atoms with Gasteiger partial charge in [-0.15, -0.1) is 0 Å². The highest BCUT2D eigenvalue weighted by Gasteiger charge is 2.40. The third-order valence-electron chi connectivity index (χ3n) is 5.36. The number of hydrogen-bond acceptors (Lipinski definition) is 2. The standard InChI is InChI=1S/C17H24FNO/c1-19-15(10-13-9-11-6-7-12(13)8-11)14-4-3-5-16(20-2)17(14)18/h3-5,11-13,15,19H,6-10H2,1-2H3. The zero-order chi connectivity index (χ0) is 14.1. The minimum atomic E-state index is -0.211. The van der Waals surface area contributed by atoms with Crippen LogP contribution >= 0.6 is 0 Å². The fraction of sp³-hybridized carbons (Fsp3) is 0.647. The molecule has 20 heavy (non-hydrogen) atoms. The Balaban J connectivity index is 1.76. The molecule has 0 saturated heterocycles. The number of nitrogens with one attached hydrogen (secondary N) is 1. The molecule has 0 aliphatic heterocycles. The lowest BCUT2D eigenvalue weighted by atomic mass is 9.82. The number of ether oxygens (including phenoxy) is 1. The summed E-state index contributed by atoms with van der Waals surface area (Å²) in [6.45, 7) is 0. The van der Waals surface area contributed by atoms with E-state index >= 15 is 0 Å². The minimum absolute atomic E-state index is 0.0921. The molecule has 4 unspecified atom stereocenters. The average molecular weight is 277 g/mol. The summed E-state index contributed by atoms with van der Waals surface area (Å²) in [6, 6.07) is 5.53. The summed E-state index contributed by atoms with van der Waals surface area (Å²) in [7, 11) is 3.45. The van der Waals surface area contributed by atoms with Gasteiger partial charge in [-0.2, -0.15) is 0 Å². The van der Waals surface area contributed by atoms with Gasteiger partial charge in [0.05, 0.1) is 7.11 Å². The monoisotopic (exact) mass is 277 g/mol. The number of rotatable bonds is 5. The van der Waals surface area contributed by atoms with Gasteiger partial charge < -0.3 is 10.1 Å². The van der Waals surface area contributed by atoms with Crippen molar-refractivity contribution in [3.8, 4) is 5.75 Å². The Bertz CT molecular complexity index is 476. The van der Waals surface area contributed by atoms with Crippen molar-refractivity contribution in [3.63, 3.8) is 0 Å². The van der Waals surface area contributed by atoms with E-state index in [0.717, 1.165) is 29.7 Å². The maximum Gasteiger partial charge on any atom is 0.169 e. The van der Waals surface area contributed by atoms with Gasteiger partial charge in [-0.1, -0.05) is 18.6 Å². The molecule has 2 aliphatic rings. The SMILES string of the molecule is CNC(CC1CC2CCC1C2)c1cccc(OC)c1F. The molecule has 2 fully saturated rings. The molecular weight excluding hydrogens is 253 g/mol. The second-order valence-corrected chi connectivity index (χ2v) is 6.38. The molecule has 2 aliphatic carbocycles. The normalized spacial score (nSPS) is 29.6. The van der Waals surface area contributed by atoms with E-state index in [9.17, 15) is 4.39 Å². The first-order valence-corrected chi connectivity index (χ1v) is 7.72. The van der Waals surface area contributed by atoms with E-state index in [0.29, 0.717) is 5.75 Å². The minimum Gasteiger partial charge on any atom is -0.494 e. The molecule has 1 aromatic carbocycles. The highest BCUT2D eigenvalue weighted by Crippen LogP contribution is 2.51. The number of benzene rings is 1. The van der Waals surface area contributed by atoms with Crippen LogP contribution in [0.4, 0.5) is 4.39 Å². The Morgan fingerprint density at radius 3 is 2.80 bits per heavy atom.